The average Bonchev–Trinajstić information content (AvgIpc) is 1.84. The van der Waals surface area contributed by atoms with Crippen molar-refractivity contribution in [2.45, 2.75) is 39.7 Å². The van der Waals surface area contributed by atoms with Gasteiger partial charge in [-0.15, -0.1) is 0 Å². The number of hydrogen-bond donors (Lipinski definition) is 1. The minimum atomic E-state index is -0.136. The molecule has 0 saturated heterocycles. The van der Waals surface area contributed by atoms with Gasteiger partial charge in [-0.05, 0) is 27.7 Å². The van der Waals surface area contributed by atoms with Crippen LogP contribution in [0.2, 0.25) is 0 Å². The van der Waals surface area contributed by atoms with Gasteiger partial charge in [0.1, 0.15) is 0 Å². The van der Waals surface area contributed by atoms with E-state index in [1.807, 2.05) is 27.7 Å². The first-order chi connectivity index (χ1) is 5.45. The summed E-state index contributed by atoms with van der Waals surface area (Å²) in [6.07, 6.45) is 0.450. The Morgan fingerprint density at radius 1 is 1.42 bits per heavy atom. The lowest BCUT2D eigenvalue weighted by Gasteiger charge is -2.20. The maximum atomic E-state index is 11.1. The van der Waals surface area contributed by atoms with E-state index in [1.54, 1.807) is 0 Å². The highest BCUT2D eigenvalue weighted by Gasteiger charge is 2.12. The number of ether oxygens (including phenoxy) is 1. The van der Waals surface area contributed by atoms with E-state index < -0.39 is 0 Å². The number of carbonyl (C=O) groups excluding carboxylic acids is 1. The van der Waals surface area contributed by atoms with Gasteiger partial charge in [0.25, 0.3) is 0 Å². The van der Waals surface area contributed by atoms with Crippen LogP contribution in [0.4, 0.5) is 0 Å². The summed E-state index contributed by atoms with van der Waals surface area (Å²) in [6, 6.07) is 0. The molecule has 3 heteroatoms. The molecule has 1 amide bonds. The van der Waals surface area contributed by atoms with Gasteiger partial charge in [-0.1, -0.05) is 0 Å². The van der Waals surface area contributed by atoms with Crippen LogP contribution in [0.5, 0.6) is 0 Å². The smallest absolute Gasteiger partial charge is 0.222 e. The molecule has 0 aromatic carbocycles. The lowest BCUT2D eigenvalue weighted by atomic mass is 10.1. The molecule has 0 aliphatic heterocycles. The molecule has 0 heterocycles. The zero-order valence-corrected chi connectivity index (χ0v) is 8.44. The predicted molar refractivity (Wildman–Crippen MR) is 49.0 cm³/mol. The molecule has 0 fully saturated rings. The number of carbonyl (C=O) groups is 1. The second kappa shape index (κ2) is 5.14. The first kappa shape index (κ1) is 11.4. The number of hydrogen-bond acceptors (Lipinski definition) is 2. The molecule has 0 radical (unpaired) electrons. The summed E-state index contributed by atoms with van der Waals surface area (Å²) < 4.78 is 5.06. The van der Waals surface area contributed by atoms with Crippen molar-refractivity contribution in [1.82, 2.24) is 5.32 Å². The molecule has 3 nitrogen and oxygen atoms in total. The number of amides is 1. The van der Waals surface area contributed by atoms with Crippen LogP contribution < -0.4 is 5.32 Å². The SMILES string of the molecule is CCOCCC(=O)NC(C)(C)C. The van der Waals surface area contributed by atoms with E-state index in [2.05, 4.69) is 5.32 Å². The lowest BCUT2D eigenvalue weighted by molar-refractivity contribution is -0.123. The molecular formula is C9H19NO2. The molecule has 0 unspecified atom stereocenters. The van der Waals surface area contributed by atoms with E-state index in [-0.39, 0.29) is 11.4 Å². The quantitative estimate of drug-likeness (QED) is 0.651. The first-order valence-electron chi connectivity index (χ1n) is 4.34. The predicted octanol–water partition coefficient (Wildman–Crippen LogP) is 1.33. The van der Waals surface area contributed by atoms with Crippen LogP contribution in [0, 0.1) is 0 Å². The fourth-order valence-electron chi connectivity index (χ4n) is 0.790. The monoisotopic (exact) mass is 173 g/mol. The Labute approximate surface area is 74.5 Å². The van der Waals surface area contributed by atoms with E-state index in [0.29, 0.717) is 19.6 Å². The van der Waals surface area contributed by atoms with Gasteiger partial charge in [0.15, 0.2) is 0 Å². The Morgan fingerprint density at radius 2 is 2.00 bits per heavy atom. The third-order valence-electron chi connectivity index (χ3n) is 1.19. The van der Waals surface area contributed by atoms with Crippen LogP contribution in [0.25, 0.3) is 0 Å². The summed E-state index contributed by atoms with van der Waals surface area (Å²) in [5, 5.41) is 2.86. The highest BCUT2D eigenvalue weighted by atomic mass is 16.5. The highest BCUT2D eigenvalue weighted by Crippen LogP contribution is 1.98. The Kier molecular flexibility index (Phi) is 4.90. The molecule has 0 aliphatic carbocycles. The van der Waals surface area contributed by atoms with Crippen LogP contribution in [-0.2, 0) is 9.53 Å². The van der Waals surface area contributed by atoms with Crippen LogP contribution >= 0.6 is 0 Å². The standard InChI is InChI=1S/C9H19NO2/c1-5-12-7-6-8(11)10-9(2,3)4/h5-7H2,1-4H3,(H,10,11). The van der Waals surface area contributed by atoms with E-state index >= 15 is 0 Å². The van der Waals surface area contributed by atoms with E-state index in [0.717, 1.165) is 0 Å². The Morgan fingerprint density at radius 3 is 2.42 bits per heavy atom. The van der Waals surface area contributed by atoms with E-state index in [9.17, 15) is 4.79 Å². The summed E-state index contributed by atoms with van der Waals surface area (Å²) >= 11 is 0. The maximum Gasteiger partial charge on any atom is 0.222 e. The highest BCUT2D eigenvalue weighted by molar-refractivity contribution is 5.76. The lowest BCUT2D eigenvalue weighted by Crippen LogP contribution is -2.40. The average molecular weight is 173 g/mol. The molecule has 12 heavy (non-hydrogen) atoms. The van der Waals surface area contributed by atoms with Gasteiger partial charge < -0.3 is 10.1 Å². The van der Waals surface area contributed by atoms with E-state index in [4.69, 9.17) is 4.74 Å². The van der Waals surface area contributed by atoms with Gasteiger partial charge in [0.2, 0.25) is 5.91 Å². The van der Waals surface area contributed by atoms with Gasteiger partial charge in [0.05, 0.1) is 6.61 Å². The maximum absolute atomic E-state index is 11.1. The topological polar surface area (TPSA) is 38.3 Å². The minimum absolute atomic E-state index is 0.0518. The fourth-order valence-corrected chi connectivity index (χ4v) is 0.790. The number of rotatable bonds is 4. The van der Waals surface area contributed by atoms with Crippen molar-refractivity contribution in [2.24, 2.45) is 0 Å². The minimum Gasteiger partial charge on any atom is -0.381 e. The van der Waals surface area contributed by atoms with Gasteiger partial charge in [-0.25, -0.2) is 0 Å². The molecule has 0 aromatic heterocycles. The second-order valence-corrected chi connectivity index (χ2v) is 3.75. The van der Waals surface area contributed by atoms with Crippen molar-refractivity contribution in [2.75, 3.05) is 13.2 Å². The van der Waals surface area contributed by atoms with Crippen molar-refractivity contribution >= 4 is 5.91 Å². The Balaban J connectivity index is 3.47. The van der Waals surface area contributed by atoms with Gasteiger partial charge in [-0.2, -0.15) is 0 Å². The molecule has 0 aliphatic rings. The Hall–Kier alpha value is -0.570. The molecule has 0 bridgehead atoms. The molecule has 0 spiro atoms. The second-order valence-electron chi connectivity index (χ2n) is 3.75. The zero-order chi connectivity index (χ0) is 9.61. The molecule has 1 N–H and O–H groups in total. The van der Waals surface area contributed by atoms with Gasteiger partial charge in [0, 0.05) is 18.6 Å². The Bertz CT molecular complexity index is 138. The van der Waals surface area contributed by atoms with Crippen molar-refractivity contribution in [1.29, 1.82) is 0 Å². The molecule has 0 atom stereocenters. The van der Waals surface area contributed by atoms with Crippen molar-refractivity contribution < 1.29 is 9.53 Å². The molecular weight excluding hydrogens is 154 g/mol. The first-order valence-corrected chi connectivity index (χ1v) is 4.34. The molecule has 72 valence electrons. The largest absolute Gasteiger partial charge is 0.381 e. The summed E-state index contributed by atoms with van der Waals surface area (Å²) in [7, 11) is 0. The summed E-state index contributed by atoms with van der Waals surface area (Å²) in [4.78, 5) is 11.1. The van der Waals surface area contributed by atoms with Crippen molar-refractivity contribution in [3.05, 3.63) is 0 Å². The summed E-state index contributed by atoms with van der Waals surface area (Å²) in [5.41, 5.74) is -0.136. The zero-order valence-electron chi connectivity index (χ0n) is 8.44. The molecule has 0 rings (SSSR count). The van der Waals surface area contributed by atoms with Crippen molar-refractivity contribution in [3.63, 3.8) is 0 Å². The number of nitrogens with one attached hydrogen (secondary N) is 1. The van der Waals surface area contributed by atoms with Crippen LogP contribution in [0.3, 0.4) is 0 Å². The molecule has 0 saturated carbocycles. The summed E-state index contributed by atoms with van der Waals surface area (Å²) in [5.74, 6) is 0.0518. The van der Waals surface area contributed by atoms with E-state index in [1.165, 1.54) is 0 Å². The van der Waals surface area contributed by atoms with Gasteiger partial charge in [-0.3, -0.25) is 4.79 Å². The van der Waals surface area contributed by atoms with Crippen LogP contribution in [0.1, 0.15) is 34.1 Å². The fraction of sp³-hybridized carbons (Fsp3) is 0.889. The van der Waals surface area contributed by atoms with Crippen molar-refractivity contribution in [3.8, 4) is 0 Å². The normalized spacial score (nSPS) is 11.3. The van der Waals surface area contributed by atoms with Gasteiger partial charge >= 0.3 is 0 Å². The van der Waals surface area contributed by atoms with Crippen LogP contribution in [0.15, 0.2) is 0 Å². The third kappa shape index (κ3) is 7.54. The van der Waals surface area contributed by atoms with Crippen LogP contribution in [-0.4, -0.2) is 24.7 Å². The molecule has 0 aromatic rings. The third-order valence-corrected chi connectivity index (χ3v) is 1.19. The summed E-state index contributed by atoms with van der Waals surface area (Å²) in [6.45, 7) is 8.99.